The Labute approximate surface area is 256 Å². The Kier molecular flexibility index (Phi) is 12.0. The Bertz CT molecular complexity index is 1480. The Balaban J connectivity index is 1.86. The van der Waals surface area contributed by atoms with Crippen LogP contribution < -0.4 is 11.1 Å². The van der Waals surface area contributed by atoms with Gasteiger partial charge >= 0.3 is 11.8 Å². The van der Waals surface area contributed by atoms with E-state index in [0.29, 0.717) is 0 Å². The van der Waals surface area contributed by atoms with Gasteiger partial charge < -0.3 is 15.3 Å². The van der Waals surface area contributed by atoms with Gasteiger partial charge in [0.1, 0.15) is 11.9 Å². The van der Waals surface area contributed by atoms with Crippen LogP contribution in [0.4, 0.5) is 9.18 Å². The SMILES string of the molecule is CC(C)C[C@H](NC(=O)[C@H](CC(C)C)N(Cc1ccc(CN(C)C)cc1)C(=O)O)C(=O)Cn1c(-c2cccc(F)c2)noc1=O. The highest BCUT2D eigenvalue weighted by molar-refractivity contribution is 5.92. The summed E-state index contributed by atoms with van der Waals surface area (Å²) < 4.78 is 19.6. The van der Waals surface area contributed by atoms with Gasteiger partial charge in [-0.15, -0.1) is 0 Å². The first-order valence-electron chi connectivity index (χ1n) is 14.6. The average molecular weight is 612 g/mol. The molecule has 0 spiro atoms. The molecule has 0 aliphatic rings. The van der Waals surface area contributed by atoms with E-state index in [4.69, 9.17) is 4.52 Å². The Hall–Kier alpha value is -4.32. The van der Waals surface area contributed by atoms with Crippen molar-refractivity contribution in [2.24, 2.45) is 11.8 Å². The van der Waals surface area contributed by atoms with Gasteiger partial charge in [0.25, 0.3) is 0 Å². The maximum Gasteiger partial charge on any atom is 0.442 e. The van der Waals surface area contributed by atoms with E-state index in [1.54, 1.807) is 0 Å². The van der Waals surface area contributed by atoms with E-state index >= 15 is 0 Å². The van der Waals surface area contributed by atoms with Crippen molar-refractivity contribution in [3.8, 4) is 11.4 Å². The van der Waals surface area contributed by atoms with Gasteiger partial charge in [-0.2, -0.15) is 0 Å². The Morgan fingerprint density at radius 3 is 2.14 bits per heavy atom. The van der Waals surface area contributed by atoms with Gasteiger partial charge in [-0.3, -0.25) is 19.0 Å². The standard InChI is InChI=1S/C32H42FN5O6/c1-20(2)14-26(28(39)19-38-29(35-44-32(38)43)24-8-7-9-25(33)16-24)34-30(40)27(15-21(3)4)37(31(41)42)18-23-12-10-22(11-13-23)17-36(5)6/h7-13,16,20-21,26-27H,14-15,17-19H2,1-6H3,(H,34,40)(H,41,42)/t26-,27-/m0/s1. The number of amides is 2. The van der Waals surface area contributed by atoms with Crippen LogP contribution in [0.2, 0.25) is 0 Å². The molecule has 0 bridgehead atoms. The predicted octanol–water partition coefficient (Wildman–Crippen LogP) is 4.40. The van der Waals surface area contributed by atoms with Crippen molar-refractivity contribution in [2.45, 2.75) is 72.3 Å². The van der Waals surface area contributed by atoms with E-state index in [-0.39, 0.29) is 42.6 Å². The van der Waals surface area contributed by atoms with Crippen LogP contribution in [0.3, 0.4) is 0 Å². The molecule has 0 saturated carbocycles. The molecule has 11 nitrogen and oxygen atoms in total. The van der Waals surface area contributed by atoms with E-state index < -0.39 is 48.0 Å². The zero-order valence-corrected chi connectivity index (χ0v) is 26.1. The van der Waals surface area contributed by atoms with Crippen LogP contribution in [0, 0.1) is 17.7 Å². The lowest BCUT2D eigenvalue weighted by Gasteiger charge is -2.31. The molecular formula is C32H42FN5O6. The maximum atomic E-state index is 13.8. The number of carbonyl (C=O) groups is 3. The van der Waals surface area contributed by atoms with Crippen molar-refractivity contribution in [3.05, 3.63) is 76.0 Å². The largest absolute Gasteiger partial charge is 0.465 e. The van der Waals surface area contributed by atoms with Crippen molar-refractivity contribution in [3.63, 3.8) is 0 Å². The molecule has 1 aromatic heterocycles. The molecule has 2 N–H and O–H groups in total. The summed E-state index contributed by atoms with van der Waals surface area (Å²) in [5, 5.41) is 16.7. The molecule has 2 amide bonds. The summed E-state index contributed by atoms with van der Waals surface area (Å²) >= 11 is 0. The second-order valence-electron chi connectivity index (χ2n) is 12.1. The monoisotopic (exact) mass is 611 g/mol. The smallest absolute Gasteiger partial charge is 0.442 e. The first-order valence-corrected chi connectivity index (χ1v) is 14.6. The van der Waals surface area contributed by atoms with Crippen LogP contribution in [0.25, 0.3) is 11.4 Å². The molecule has 3 aromatic rings. The van der Waals surface area contributed by atoms with Gasteiger partial charge in [0, 0.05) is 18.7 Å². The minimum absolute atomic E-state index is 0.0156. The first-order chi connectivity index (χ1) is 20.7. The van der Waals surface area contributed by atoms with Crippen LogP contribution in [-0.2, 0) is 29.2 Å². The van der Waals surface area contributed by atoms with Crippen LogP contribution in [0.5, 0.6) is 0 Å². The van der Waals surface area contributed by atoms with Gasteiger partial charge in [-0.25, -0.2) is 18.5 Å². The van der Waals surface area contributed by atoms with Crippen LogP contribution >= 0.6 is 0 Å². The lowest BCUT2D eigenvalue weighted by atomic mass is 9.97. The molecule has 0 aliphatic carbocycles. The molecule has 0 fully saturated rings. The molecule has 1 heterocycles. The highest BCUT2D eigenvalue weighted by Gasteiger charge is 2.34. The third-order valence-corrected chi connectivity index (χ3v) is 6.99. The van der Waals surface area contributed by atoms with Gasteiger partial charge in [-0.1, -0.05) is 69.2 Å². The summed E-state index contributed by atoms with van der Waals surface area (Å²) in [7, 11) is 3.92. The zero-order chi connectivity index (χ0) is 32.6. The number of ketones is 1. The fraction of sp³-hybridized carbons (Fsp3) is 0.469. The molecule has 0 radical (unpaired) electrons. The van der Waals surface area contributed by atoms with Crippen LogP contribution in [0.15, 0.2) is 57.8 Å². The van der Waals surface area contributed by atoms with E-state index in [0.717, 1.165) is 27.1 Å². The second kappa shape index (κ2) is 15.4. The Morgan fingerprint density at radius 2 is 1.59 bits per heavy atom. The van der Waals surface area contributed by atoms with Crippen molar-refractivity contribution in [2.75, 3.05) is 14.1 Å². The van der Waals surface area contributed by atoms with E-state index in [9.17, 15) is 28.7 Å². The number of nitrogens with one attached hydrogen (secondary N) is 1. The van der Waals surface area contributed by atoms with Crippen molar-refractivity contribution in [1.29, 1.82) is 0 Å². The van der Waals surface area contributed by atoms with Crippen molar-refractivity contribution < 1.29 is 28.4 Å². The fourth-order valence-electron chi connectivity index (χ4n) is 4.96. The molecule has 44 heavy (non-hydrogen) atoms. The number of benzene rings is 2. The maximum absolute atomic E-state index is 13.8. The van der Waals surface area contributed by atoms with E-state index in [1.807, 2.05) is 71.0 Å². The average Bonchev–Trinajstić information content (AvgIpc) is 3.29. The minimum Gasteiger partial charge on any atom is -0.465 e. The quantitative estimate of drug-likeness (QED) is 0.258. The Morgan fingerprint density at radius 1 is 0.977 bits per heavy atom. The van der Waals surface area contributed by atoms with Crippen molar-refractivity contribution >= 4 is 17.8 Å². The summed E-state index contributed by atoms with van der Waals surface area (Å²) in [6.07, 6.45) is -0.783. The van der Waals surface area contributed by atoms with Crippen molar-refractivity contribution in [1.82, 2.24) is 24.8 Å². The molecule has 12 heteroatoms. The number of hydrogen-bond donors (Lipinski definition) is 2. The van der Waals surface area contributed by atoms with Crippen LogP contribution in [0.1, 0.15) is 51.7 Å². The van der Waals surface area contributed by atoms with Crippen LogP contribution in [-0.4, -0.2) is 68.6 Å². The number of carbonyl (C=O) groups excluding carboxylic acids is 2. The molecule has 0 saturated heterocycles. The molecule has 0 aliphatic heterocycles. The number of hydrogen-bond acceptors (Lipinski definition) is 7. The number of aromatic nitrogens is 2. The molecule has 0 unspecified atom stereocenters. The second-order valence-corrected chi connectivity index (χ2v) is 12.1. The number of nitrogens with zero attached hydrogens (tertiary/aromatic N) is 4. The number of halogens is 1. The molecule has 2 atom stereocenters. The zero-order valence-electron chi connectivity index (χ0n) is 26.1. The lowest BCUT2D eigenvalue weighted by molar-refractivity contribution is -0.131. The highest BCUT2D eigenvalue weighted by Crippen LogP contribution is 2.20. The van der Waals surface area contributed by atoms with Gasteiger partial charge in [0.15, 0.2) is 11.6 Å². The fourth-order valence-corrected chi connectivity index (χ4v) is 4.96. The first kappa shape index (κ1) is 34.2. The third kappa shape index (κ3) is 9.60. The summed E-state index contributed by atoms with van der Waals surface area (Å²) in [5.41, 5.74) is 2.04. The number of rotatable bonds is 15. The topological polar surface area (TPSA) is 138 Å². The predicted molar refractivity (Wildman–Crippen MR) is 163 cm³/mol. The van der Waals surface area contributed by atoms with Gasteiger partial charge in [0.2, 0.25) is 5.91 Å². The lowest BCUT2D eigenvalue weighted by Crippen LogP contribution is -2.54. The van der Waals surface area contributed by atoms with Gasteiger partial charge in [0.05, 0.1) is 12.6 Å². The van der Waals surface area contributed by atoms with Gasteiger partial charge in [-0.05, 0) is 62.0 Å². The molecule has 2 aromatic carbocycles. The molecule has 3 rings (SSSR count). The molecular weight excluding hydrogens is 569 g/mol. The summed E-state index contributed by atoms with van der Waals surface area (Å²) in [6.45, 7) is 7.77. The summed E-state index contributed by atoms with van der Waals surface area (Å²) in [5.74, 6) is -2.64. The summed E-state index contributed by atoms with van der Waals surface area (Å²) in [4.78, 5) is 55.4. The molecule has 238 valence electrons. The third-order valence-electron chi connectivity index (χ3n) is 6.99. The number of carboxylic acid groups (broad SMARTS) is 1. The highest BCUT2D eigenvalue weighted by atomic mass is 19.1. The minimum atomic E-state index is -1.26. The number of Topliss-reactive ketones (excluding diaryl/α,β-unsaturated/α-hetero) is 1. The normalized spacial score (nSPS) is 12.9. The van der Waals surface area contributed by atoms with E-state index in [2.05, 4.69) is 10.5 Å². The summed E-state index contributed by atoms with van der Waals surface area (Å²) in [6, 6.07) is 10.8. The van der Waals surface area contributed by atoms with E-state index in [1.165, 1.54) is 24.3 Å².